The molecule has 0 saturated heterocycles. The van der Waals surface area contributed by atoms with E-state index in [4.69, 9.17) is 0 Å². The lowest BCUT2D eigenvalue weighted by Gasteiger charge is -2.08. The predicted octanol–water partition coefficient (Wildman–Crippen LogP) is 4.00. The van der Waals surface area contributed by atoms with Gasteiger partial charge in [0.1, 0.15) is 4.21 Å². The van der Waals surface area contributed by atoms with Crippen molar-refractivity contribution < 1.29 is 8.42 Å². The Kier molecular flexibility index (Phi) is 4.27. The fourth-order valence-corrected chi connectivity index (χ4v) is 4.66. The number of nitrogens with zero attached hydrogens (tertiary/aromatic N) is 2. The van der Waals surface area contributed by atoms with Crippen molar-refractivity contribution in [2.24, 2.45) is 0 Å². The molecule has 3 heterocycles. The topological polar surface area (TPSA) is 87.7 Å². The summed E-state index contributed by atoms with van der Waals surface area (Å²) in [5.74, 6) is 0. The number of benzene rings is 1. The Labute approximate surface area is 154 Å². The molecule has 130 valence electrons. The summed E-state index contributed by atoms with van der Waals surface area (Å²) in [7, 11) is -3.59. The lowest BCUT2D eigenvalue weighted by molar-refractivity contribution is 0.603. The molecule has 0 aliphatic rings. The van der Waals surface area contributed by atoms with E-state index in [1.807, 2.05) is 24.4 Å². The standard InChI is InChI=1S/C18H14N4O2S2/c23-26(24,17-5-2-10-25-17)22-15-4-1-3-14(11-15)18-16(12-20-21-18)13-6-8-19-9-7-13/h1-12,22H,(H,20,21). The van der Waals surface area contributed by atoms with Gasteiger partial charge in [0.15, 0.2) is 0 Å². The Morgan fingerprint density at radius 1 is 1.00 bits per heavy atom. The first-order valence-electron chi connectivity index (χ1n) is 7.74. The van der Waals surface area contributed by atoms with Crippen LogP contribution in [0.5, 0.6) is 0 Å². The Morgan fingerprint density at radius 3 is 2.62 bits per heavy atom. The van der Waals surface area contributed by atoms with E-state index in [2.05, 4.69) is 19.9 Å². The van der Waals surface area contributed by atoms with E-state index in [9.17, 15) is 8.42 Å². The van der Waals surface area contributed by atoms with Gasteiger partial charge in [-0.25, -0.2) is 8.42 Å². The number of nitrogens with one attached hydrogen (secondary N) is 2. The van der Waals surface area contributed by atoms with Crippen molar-refractivity contribution in [3.63, 3.8) is 0 Å². The van der Waals surface area contributed by atoms with Gasteiger partial charge in [-0.1, -0.05) is 18.2 Å². The van der Waals surface area contributed by atoms with E-state index in [1.54, 1.807) is 48.1 Å². The van der Waals surface area contributed by atoms with Gasteiger partial charge in [0.2, 0.25) is 0 Å². The number of aromatic nitrogens is 3. The molecule has 3 aromatic heterocycles. The fourth-order valence-electron chi connectivity index (χ4n) is 2.61. The number of hydrogen-bond donors (Lipinski definition) is 2. The van der Waals surface area contributed by atoms with Crippen LogP contribution in [0.2, 0.25) is 0 Å². The normalized spacial score (nSPS) is 11.4. The molecule has 0 unspecified atom stereocenters. The Balaban J connectivity index is 1.69. The zero-order valence-corrected chi connectivity index (χ0v) is 15.1. The van der Waals surface area contributed by atoms with E-state index in [0.717, 1.165) is 22.4 Å². The van der Waals surface area contributed by atoms with Crippen LogP contribution in [0.1, 0.15) is 0 Å². The van der Waals surface area contributed by atoms with Crippen molar-refractivity contribution >= 4 is 27.0 Å². The van der Waals surface area contributed by atoms with Crippen molar-refractivity contribution in [2.75, 3.05) is 4.72 Å². The van der Waals surface area contributed by atoms with Crippen LogP contribution < -0.4 is 4.72 Å². The summed E-state index contributed by atoms with van der Waals surface area (Å²) < 4.78 is 27.7. The average Bonchev–Trinajstić information content (AvgIpc) is 3.34. The van der Waals surface area contributed by atoms with Gasteiger partial charge in [-0.05, 0) is 41.3 Å². The average molecular weight is 382 g/mol. The zero-order valence-electron chi connectivity index (χ0n) is 13.5. The van der Waals surface area contributed by atoms with Crippen molar-refractivity contribution in [1.29, 1.82) is 0 Å². The number of H-pyrrole nitrogens is 1. The molecule has 26 heavy (non-hydrogen) atoms. The van der Waals surface area contributed by atoms with Gasteiger partial charge in [0.05, 0.1) is 5.69 Å². The SMILES string of the molecule is O=S(=O)(Nc1cccc(-c2n[nH]cc2-c2ccncc2)c1)c1cccs1. The second-order valence-corrected chi connectivity index (χ2v) is 8.36. The summed E-state index contributed by atoms with van der Waals surface area (Å²) in [6, 6.07) is 14.3. The second-order valence-electron chi connectivity index (χ2n) is 5.50. The largest absolute Gasteiger partial charge is 0.284 e. The molecule has 6 nitrogen and oxygen atoms in total. The molecular formula is C18H14N4O2S2. The number of aromatic amines is 1. The molecule has 0 amide bonds. The summed E-state index contributed by atoms with van der Waals surface area (Å²) >= 11 is 1.18. The molecule has 8 heteroatoms. The Morgan fingerprint density at radius 2 is 1.85 bits per heavy atom. The highest BCUT2D eigenvalue weighted by Gasteiger charge is 2.16. The number of thiophene rings is 1. The van der Waals surface area contributed by atoms with Gasteiger partial charge in [-0.2, -0.15) is 5.10 Å². The van der Waals surface area contributed by atoms with E-state index >= 15 is 0 Å². The second kappa shape index (κ2) is 6.74. The van der Waals surface area contributed by atoms with Gasteiger partial charge in [-0.15, -0.1) is 11.3 Å². The molecule has 0 atom stereocenters. The number of rotatable bonds is 5. The molecule has 4 rings (SSSR count). The van der Waals surface area contributed by atoms with Crippen LogP contribution in [-0.2, 0) is 10.0 Å². The summed E-state index contributed by atoms with van der Waals surface area (Å²) in [4.78, 5) is 4.03. The van der Waals surface area contributed by atoms with Crippen molar-refractivity contribution in [1.82, 2.24) is 15.2 Å². The third kappa shape index (κ3) is 3.24. The number of sulfonamides is 1. The van der Waals surface area contributed by atoms with Gasteiger partial charge >= 0.3 is 0 Å². The molecule has 1 aromatic carbocycles. The van der Waals surface area contributed by atoms with Gasteiger partial charge in [0, 0.05) is 35.4 Å². The van der Waals surface area contributed by atoms with Crippen molar-refractivity contribution in [3.8, 4) is 22.4 Å². The number of hydrogen-bond acceptors (Lipinski definition) is 5. The molecule has 0 saturated carbocycles. The van der Waals surface area contributed by atoms with Crippen LogP contribution in [0.25, 0.3) is 22.4 Å². The minimum atomic E-state index is -3.59. The van der Waals surface area contributed by atoms with Gasteiger partial charge in [0.25, 0.3) is 10.0 Å². The summed E-state index contributed by atoms with van der Waals surface area (Å²) in [6.07, 6.45) is 5.25. The highest BCUT2D eigenvalue weighted by atomic mass is 32.2. The monoisotopic (exact) mass is 382 g/mol. The molecule has 0 radical (unpaired) electrons. The highest BCUT2D eigenvalue weighted by molar-refractivity contribution is 7.94. The summed E-state index contributed by atoms with van der Waals surface area (Å²) in [6.45, 7) is 0. The maximum atomic E-state index is 12.4. The fraction of sp³-hybridized carbons (Fsp3) is 0. The van der Waals surface area contributed by atoms with E-state index < -0.39 is 10.0 Å². The number of pyridine rings is 1. The van der Waals surface area contributed by atoms with E-state index in [1.165, 1.54) is 11.3 Å². The first-order valence-corrected chi connectivity index (χ1v) is 10.1. The van der Waals surface area contributed by atoms with Crippen molar-refractivity contribution in [2.45, 2.75) is 4.21 Å². The first-order chi connectivity index (χ1) is 12.6. The van der Waals surface area contributed by atoms with Gasteiger partial charge in [-0.3, -0.25) is 14.8 Å². The minimum Gasteiger partial charge on any atom is -0.284 e. The quantitative estimate of drug-likeness (QED) is 0.546. The smallest absolute Gasteiger partial charge is 0.271 e. The van der Waals surface area contributed by atoms with Crippen LogP contribution in [0.3, 0.4) is 0 Å². The number of anilines is 1. The molecule has 0 aliphatic heterocycles. The molecule has 2 N–H and O–H groups in total. The maximum absolute atomic E-state index is 12.4. The lowest BCUT2D eigenvalue weighted by atomic mass is 10.0. The highest BCUT2D eigenvalue weighted by Crippen LogP contribution is 2.31. The minimum absolute atomic E-state index is 0.278. The summed E-state index contributed by atoms with van der Waals surface area (Å²) in [5, 5.41) is 8.94. The van der Waals surface area contributed by atoms with E-state index in [-0.39, 0.29) is 4.21 Å². The van der Waals surface area contributed by atoms with E-state index in [0.29, 0.717) is 5.69 Å². The van der Waals surface area contributed by atoms with Crippen LogP contribution in [-0.4, -0.2) is 23.6 Å². The van der Waals surface area contributed by atoms with Gasteiger partial charge < -0.3 is 0 Å². The molecular weight excluding hydrogens is 368 g/mol. The predicted molar refractivity (Wildman–Crippen MR) is 102 cm³/mol. The van der Waals surface area contributed by atoms with Crippen LogP contribution in [0.15, 0.2) is 76.7 Å². The lowest BCUT2D eigenvalue weighted by Crippen LogP contribution is -2.11. The molecule has 0 spiro atoms. The van der Waals surface area contributed by atoms with Crippen molar-refractivity contribution in [3.05, 3.63) is 72.5 Å². The first kappa shape index (κ1) is 16.5. The molecule has 0 fully saturated rings. The molecule has 4 aromatic rings. The van der Waals surface area contributed by atoms with Crippen LogP contribution in [0.4, 0.5) is 5.69 Å². The third-order valence-corrected chi connectivity index (χ3v) is 6.56. The molecule has 0 bridgehead atoms. The maximum Gasteiger partial charge on any atom is 0.271 e. The van der Waals surface area contributed by atoms with Crippen LogP contribution in [0, 0.1) is 0 Å². The third-order valence-electron chi connectivity index (χ3n) is 3.78. The molecule has 0 aliphatic carbocycles. The van der Waals surface area contributed by atoms with Crippen LogP contribution >= 0.6 is 11.3 Å². The Bertz CT molecular complexity index is 1120. The Hall–Kier alpha value is -2.97. The summed E-state index contributed by atoms with van der Waals surface area (Å²) in [5.41, 5.74) is 3.94. The zero-order chi connectivity index (χ0) is 18.0.